The molecule has 2 aromatic rings. The number of benzene rings is 1. The molecule has 20 heavy (non-hydrogen) atoms. The van der Waals surface area contributed by atoms with Gasteiger partial charge in [0.2, 0.25) is 0 Å². The van der Waals surface area contributed by atoms with Crippen LogP contribution >= 0.6 is 0 Å². The first-order valence-electron chi connectivity index (χ1n) is 7.01. The Hall–Kier alpha value is -1.59. The number of hydrogen-bond acceptors (Lipinski definition) is 4. The van der Waals surface area contributed by atoms with E-state index in [-0.39, 0.29) is 11.9 Å². The first kappa shape index (κ1) is 13.4. The van der Waals surface area contributed by atoms with Crippen molar-refractivity contribution in [2.45, 2.75) is 26.0 Å². The Balaban J connectivity index is 1.92. The minimum atomic E-state index is -0.328. The van der Waals surface area contributed by atoms with Crippen LogP contribution in [0.4, 0.5) is 0 Å². The van der Waals surface area contributed by atoms with Crippen LogP contribution in [-0.2, 0) is 11.8 Å². The maximum atomic E-state index is 11.5. The van der Waals surface area contributed by atoms with Crippen molar-refractivity contribution in [3.63, 3.8) is 0 Å². The molecule has 5 heteroatoms. The zero-order valence-electron chi connectivity index (χ0n) is 12.1. The van der Waals surface area contributed by atoms with Crippen molar-refractivity contribution in [1.82, 2.24) is 9.47 Å². The van der Waals surface area contributed by atoms with Gasteiger partial charge in [0.05, 0.1) is 18.2 Å². The number of aryl methyl sites for hydroxylation is 1. The molecule has 3 rings (SSSR count). The van der Waals surface area contributed by atoms with Gasteiger partial charge in [-0.15, -0.1) is 0 Å². The van der Waals surface area contributed by atoms with Gasteiger partial charge in [0.25, 0.3) is 0 Å². The van der Waals surface area contributed by atoms with Crippen LogP contribution in [0.2, 0.25) is 0 Å². The van der Waals surface area contributed by atoms with E-state index in [1.54, 1.807) is 7.05 Å². The predicted molar refractivity (Wildman–Crippen MR) is 76.9 cm³/mol. The van der Waals surface area contributed by atoms with Crippen LogP contribution in [0.5, 0.6) is 0 Å². The van der Waals surface area contributed by atoms with Gasteiger partial charge in [-0.2, -0.15) is 0 Å². The fraction of sp³-hybridized carbons (Fsp3) is 0.533. The Morgan fingerprint density at radius 3 is 2.90 bits per heavy atom. The molecule has 0 aliphatic carbocycles. The third-order valence-electron chi connectivity index (χ3n) is 4.02. The van der Waals surface area contributed by atoms with Crippen LogP contribution in [0.15, 0.2) is 27.4 Å². The molecule has 1 atom stereocenters. The molecule has 108 valence electrons. The van der Waals surface area contributed by atoms with Gasteiger partial charge in [-0.3, -0.25) is 9.47 Å². The average molecular weight is 276 g/mol. The largest absolute Gasteiger partial charge is 0.419 e. The van der Waals surface area contributed by atoms with Crippen LogP contribution in [0.3, 0.4) is 0 Å². The van der Waals surface area contributed by atoms with Crippen molar-refractivity contribution in [1.29, 1.82) is 0 Å². The summed E-state index contributed by atoms with van der Waals surface area (Å²) in [5.41, 5.74) is 2.51. The predicted octanol–water partition coefficient (Wildman–Crippen LogP) is 1.91. The summed E-state index contributed by atoms with van der Waals surface area (Å²) in [4.78, 5) is 13.9. The second kappa shape index (κ2) is 5.07. The van der Waals surface area contributed by atoms with E-state index in [2.05, 4.69) is 18.7 Å². The van der Waals surface area contributed by atoms with Crippen molar-refractivity contribution < 1.29 is 9.15 Å². The van der Waals surface area contributed by atoms with Crippen molar-refractivity contribution in [2.24, 2.45) is 7.05 Å². The first-order valence-corrected chi connectivity index (χ1v) is 7.01. The number of aromatic nitrogens is 1. The van der Waals surface area contributed by atoms with Crippen LogP contribution in [-0.4, -0.2) is 35.2 Å². The van der Waals surface area contributed by atoms with Gasteiger partial charge >= 0.3 is 5.76 Å². The van der Waals surface area contributed by atoms with E-state index < -0.39 is 0 Å². The van der Waals surface area contributed by atoms with E-state index in [4.69, 9.17) is 9.15 Å². The Kier molecular flexibility index (Phi) is 3.40. The average Bonchev–Trinajstić information content (AvgIpc) is 2.74. The van der Waals surface area contributed by atoms with Crippen molar-refractivity contribution in [3.05, 3.63) is 34.3 Å². The third-order valence-corrected chi connectivity index (χ3v) is 4.02. The lowest BCUT2D eigenvalue weighted by molar-refractivity contribution is -0.0401. The molecule has 0 N–H and O–H groups in total. The molecule has 0 spiro atoms. The molecule has 2 heterocycles. The summed E-state index contributed by atoms with van der Waals surface area (Å²) in [5.74, 6) is -0.328. The molecule has 1 aliphatic rings. The van der Waals surface area contributed by atoms with E-state index in [0.29, 0.717) is 11.6 Å². The topological polar surface area (TPSA) is 47.6 Å². The second-order valence-electron chi connectivity index (χ2n) is 5.60. The summed E-state index contributed by atoms with van der Waals surface area (Å²) in [6.45, 7) is 6.97. The van der Waals surface area contributed by atoms with Gasteiger partial charge in [-0.1, -0.05) is 6.07 Å². The highest BCUT2D eigenvalue weighted by Crippen LogP contribution is 2.26. The quantitative estimate of drug-likeness (QED) is 0.840. The van der Waals surface area contributed by atoms with E-state index in [1.165, 1.54) is 4.57 Å². The van der Waals surface area contributed by atoms with Gasteiger partial charge in [0, 0.05) is 26.2 Å². The maximum Gasteiger partial charge on any atom is 0.419 e. The molecule has 0 amide bonds. The number of hydrogen-bond donors (Lipinski definition) is 0. The molecule has 0 saturated carbocycles. The second-order valence-corrected chi connectivity index (χ2v) is 5.60. The fourth-order valence-electron chi connectivity index (χ4n) is 2.69. The van der Waals surface area contributed by atoms with Gasteiger partial charge in [-0.05, 0) is 31.5 Å². The molecule has 1 aliphatic heterocycles. The van der Waals surface area contributed by atoms with Crippen LogP contribution < -0.4 is 5.76 Å². The Bertz CT molecular complexity index is 671. The van der Waals surface area contributed by atoms with Gasteiger partial charge in [0.1, 0.15) is 0 Å². The normalized spacial score (nSPS) is 20.9. The minimum Gasteiger partial charge on any atom is -0.408 e. The van der Waals surface area contributed by atoms with E-state index >= 15 is 0 Å². The van der Waals surface area contributed by atoms with Crippen LogP contribution in [0.25, 0.3) is 11.1 Å². The molecule has 5 nitrogen and oxygen atoms in total. The zero-order valence-corrected chi connectivity index (χ0v) is 12.1. The summed E-state index contributed by atoms with van der Waals surface area (Å²) in [7, 11) is 1.71. The minimum absolute atomic E-state index is 0.0426. The number of morpholine rings is 1. The summed E-state index contributed by atoms with van der Waals surface area (Å²) < 4.78 is 12.6. The van der Waals surface area contributed by atoms with Gasteiger partial charge < -0.3 is 9.15 Å². The highest BCUT2D eigenvalue weighted by molar-refractivity contribution is 5.73. The highest BCUT2D eigenvalue weighted by atomic mass is 16.5. The summed E-state index contributed by atoms with van der Waals surface area (Å²) in [6, 6.07) is 6.38. The van der Waals surface area contributed by atoms with E-state index in [9.17, 15) is 4.79 Å². The fourth-order valence-corrected chi connectivity index (χ4v) is 2.69. The lowest BCUT2D eigenvalue weighted by atomic mass is 10.1. The molecular weight excluding hydrogens is 256 g/mol. The van der Waals surface area contributed by atoms with Gasteiger partial charge in [-0.25, -0.2) is 4.79 Å². The Morgan fingerprint density at radius 2 is 2.15 bits per heavy atom. The Labute approximate surface area is 117 Å². The molecule has 1 fully saturated rings. The van der Waals surface area contributed by atoms with Crippen molar-refractivity contribution in [3.8, 4) is 0 Å². The smallest absolute Gasteiger partial charge is 0.408 e. The lowest BCUT2D eigenvalue weighted by Gasteiger charge is -2.35. The lowest BCUT2D eigenvalue weighted by Crippen LogP contribution is -2.42. The molecule has 1 saturated heterocycles. The molecule has 0 radical (unpaired) electrons. The van der Waals surface area contributed by atoms with Crippen LogP contribution in [0.1, 0.15) is 25.5 Å². The molecule has 1 aromatic carbocycles. The van der Waals surface area contributed by atoms with E-state index in [0.717, 1.165) is 30.8 Å². The summed E-state index contributed by atoms with van der Waals surface area (Å²) >= 11 is 0. The number of ether oxygens (including phenoxy) is 1. The SMILES string of the molecule is CC(C)N1CCOC(c2ccc3c(c2)oc(=O)n3C)C1. The molecule has 1 unspecified atom stereocenters. The maximum absolute atomic E-state index is 11.5. The number of oxazole rings is 1. The number of nitrogens with zero attached hydrogens (tertiary/aromatic N) is 2. The summed E-state index contributed by atoms with van der Waals surface area (Å²) in [6.07, 6.45) is 0.0426. The number of fused-ring (bicyclic) bond motifs is 1. The van der Waals surface area contributed by atoms with Crippen LogP contribution in [0, 0.1) is 0 Å². The molecule has 1 aromatic heterocycles. The standard InChI is InChI=1S/C15H20N2O3/c1-10(2)17-6-7-19-14(9-17)11-4-5-12-13(8-11)20-15(18)16(12)3/h4-5,8,10,14H,6-7,9H2,1-3H3. The first-order chi connectivity index (χ1) is 9.56. The van der Waals surface area contributed by atoms with Crippen molar-refractivity contribution in [2.75, 3.05) is 19.7 Å². The zero-order chi connectivity index (χ0) is 14.3. The Morgan fingerprint density at radius 1 is 1.35 bits per heavy atom. The summed E-state index contributed by atoms with van der Waals surface area (Å²) in [5, 5.41) is 0. The third kappa shape index (κ3) is 2.27. The number of rotatable bonds is 2. The monoisotopic (exact) mass is 276 g/mol. The van der Waals surface area contributed by atoms with E-state index in [1.807, 2.05) is 18.2 Å². The molecule has 0 bridgehead atoms. The molecular formula is C15H20N2O3. The van der Waals surface area contributed by atoms with Crippen molar-refractivity contribution >= 4 is 11.1 Å². The van der Waals surface area contributed by atoms with Gasteiger partial charge in [0.15, 0.2) is 5.58 Å². The highest BCUT2D eigenvalue weighted by Gasteiger charge is 2.24.